The van der Waals surface area contributed by atoms with Crippen LogP contribution in [0.3, 0.4) is 0 Å². The molecule has 2 amide bonds. The fraction of sp³-hybridized carbons (Fsp3) is 0.478. The van der Waals surface area contributed by atoms with E-state index in [-0.39, 0.29) is 48.4 Å². The van der Waals surface area contributed by atoms with Crippen LogP contribution in [-0.4, -0.2) is 118 Å². The van der Waals surface area contributed by atoms with Gasteiger partial charge in [-0.25, -0.2) is 0 Å². The SMILES string of the molecule is CCN(c1cc(-c2ccc(CC3CCOCC3)cc2)cc(C(=O)NCc2c(C)cc(C)[nH]c2=O)c1C)C1CCOCC1.CCN(c1cc(-c2ccc(CN3CCOCC3)cc2)cc(C(=O)NCc2c(C)cc(C)[nH]c2=O)c1C)C1CCOCC1.[Cl-]. The minimum Gasteiger partial charge on any atom is -1.00 e. The summed E-state index contributed by atoms with van der Waals surface area (Å²) in [5, 5.41) is 6.09. The third-order valence-electron chi connectivity index (χ3n) is 17.6. The van der Waals surface area contributed by atoms with Crippen molar-refractivity contribution in [1.82, 2.24) is 25.5 Å². The van der Waals surface area contributed by atoms with E-state index in [1.807, 2.05) is 65.8 Å². The molecule has 4 aliphatic heterocycles. The summed E-state index contributed by atoms with van der Waals surface area (Å²) < 4.78 is 22.3. The number of nitrogens with zero attached hydrogens (tertiary/aromatic N) is 3. The molecule has 0 spiro atoms. The summed E-state index contributed by atoms with van der Waals surface area (Å²) in [5.41, 5.74) is 16.4. The van der Waals surface area contributed by atoms with Crippen molar-refractivity contribution in [2.24, 2.45) is 5.92 Å². The predicted molar refractivity (Wildman–Crippen MR) is 336 cm³/mol. The maximum absolute atomic E-state index is 13.8. The molecule has 0 unspecified atom stereocenters. The maximum atomic E-state index is 13.8. The molecule has 4 saturated heterocycles. The zero-order valence-electron chi connectivity index (χ0n) is 51.4. The predicted octanol–water partition coefficient (Wildman–Crippen LogP) is 7.61. The van der Waals surface area contributed by atoms with E-state index >= 15 is 0 Å². The highest BCUT2D eigenvalue weighted by atomic mass is 35.5. The highest BCUT2D eigenvalue weighted by Crippen LogP contribution is 2.36. The first-order valence-corrected chi connectivity index (χ1v) is 30.7. The van der Waals surface area contributed by atoms with E-state index in [2.05, 4.69) is 110 Å². The van der Waals surface area contributed by atoms with Crippen LogP contribution in [0, 0.1) is 47.5 Å². The number of pyridine rings is 2. The fourth-order valence-electron chi connectivity index (χ4n) is 12.7. The summed E-state index contributed by atoms with van der Waals surface area (Å²) in [7, 11) is 0. The number of H-pyrrole nitrogens is 2. The number of anilines is 2. The first-order chi connectivity index (χ1) is 40.7. The number of carbonyl (C=O) groups is 2. The first-order valence-electron chi connectivity index (χ1n) is 30.7. The number of morpholine rings is 1. The van der Waals surface area contributed by atoms with Crippen molar-refractivity contribution in [2.75, 3.05) is 88.8 Å². The fourth-order valence-corrected chi connectivity index (χ4v) is 12.7. The van der Waals surface area contributed by atoms with Gasteiger partial charge in [0, 0.05) is 143 Å². The number of hydrogen-bond acceptors (Lipinski definition) is 11. The van der Waals surface area contributed by atoms with Crippen molar-refractivity contribution in [3.63, 3.8) is 0 Å². The Bertz CT molecular complexity index is 3100. The Kier molecular flexibility index (Phi) is 23.2. The van der Waals surface area contributed by atoms with Crippen molar-refractivity contribution in [1.29, 1.82) is 0 Å². The van der Waals surface area contributed by atoms with Crippen LogP contribution < -0.4 is 44.0 Å². The molecule has 0 saturated carbocycles. The van der Waals surface area contributed by atoms with Crippen LogP contribution in [0.25, 0.3) is 22.3 Å². The molecule has 2 aromatic heterocycles. The highest BCUT2D eigenvalue weighted by molar-refractivity contribution is 6.00. The lowest BCUT2D eigenvalue weighted by Gasteiger charge is -2.37. The highest BCUT2D eigenvalue weighted by Gasteiger charge is 2.28. The molecule has 6 aromatic rings. The van der Waals surface area contributed by atoms with Gasteiger partial charge >= 0.3 is 0 Å². The number of benzene rings is 4. The van der Waals surface area contributed by atoms with Gasteiger partial charge in [-0.2, -0.15) is 0 Å². The third kappa shape index (κ3) is 16.5. The number of amides is 2. The van der Waals surface area contributed by atoms with E-state index in [1.54, 1.807) is 0 Å². The zero-order valence-corrected chi connectivity index (χ0v) is 52.1. The topological polar surface area (TPSA) is 171 Å². The second-order valence-corrected chi connectivity index (χ2v) is 23.4. The third-order valence-corrected chi connectivity index (χ3v) is 17.6. The summed E-state index contributed by atoms with van der Waals surface area (Å²) >= 11 is 0. The minimum atomic E-state index is -0.179. The Balaban J connectivity index is 0.000000219. The Morgan fingerprint density at radius 1 is 0.518 bits per heavy atom. The van der Waals surface area contributed by atoms with Crippen molar-refractivity contribution in [3.05, 3.63) is 173 Å². The summed E-state index contributed by atoms with van der Waals surface area (Å²) in [5.74, 6) is 0.323. The normalized spacial score (nSPS) is 16.2. The Morgan fingerprint density at radius 2 is 0.906 bits per heavy atom. The number of aromatic amines is 2. The smallest absolute Gasteiger partial charge is 0.253 e. The van der Waals surface area contributed by atoms with Crippen molar-refractivity contribution in [3.8, 4) is 22.3 Å². The molecule has 10 rings (SSSR count). The van der Waals surface area contributed by atoms with E-state index in [0.29, 0.717) is 40.3 Å². The molecule has 4 fully saturated rings. The first kappa shape index (κ1) is 64.4. The van der Waals surface area contributed by atoms with Crippen LogP contribution in [0.1, 0.15) is 129 Å². The molecular weight excluding hydrogens is 1090 g/mol. The Morgan fingerprint density at radius 3 is 1.31 bits per heavy atom. The number of rotatable bonds is 18. The van der Waals surface area contributed by atoms with Gasteiger partial charge < -0.3 is 61.8 Å². The molecular formula is C69H89ClN7O8-. The number of nitrogens with one attached hydrogen (secondary N) is 4. The van der Waals surface area contributed by atoms with Crippen LogP contribution in [-0.2, 0) is 45.0 Å². The summed E-state index contributed by atoms with van der Waals surface area (Å²) in [6.07, 6.45) is 7.17. The number of aryl methyl sites for hydroxylation is 4. The quantitative estimate of drug-likeness (QED) is 0.0668. The molecule has 0 aliphatic carbocycles. The van der Waals surface area contributed by atoms with Gasteiger partial charge in [0.1, 0.15) is 0 Å². The van der Waals surface area contributed by atoms with Gasteiger partial charge in [0.25, 0.3) is 22.9 Å². The molecule has 0 atom stereocenters. The van der Waals surface area contributed by atoms with Crippen molar-refractivity contribution >= 4 is 23.2 Å². The molecule has 4 aliphatic rings. The Labute approximate surface area is 509 Å². The van der Waals surface area contributed by atoms with Crippen LogP contribution >= 0.6 is 0 Å². The van der Waals surface area contributed by atoms with Gasteiger partial charge in [0.2, 0.25) is 0 Å². The van der Waals surface area contributed by atoms with Crippen molar-refractivity contribution < 1.29 is 40.9 Å². The van der Waals surface area contributed by atoms with E-state index in [0.717, 1.165) is 198 Å². The Hall–Kier alpha value is -6.59. The van der Waals surface area contributed by atoms with Gasteiger partial charge in [0.15, 0.2) is 0 Å². The molecule has 456 valence electrons. The zero-order chi connectivity index (χ0) is 59.3. The number of aromatic nitrogens is 2. The molecule has 4 aromatic carbocycles. The summed E-state index contributed by atoms with van der Waals surface area (Å²) in [4.78, 5) is 65.7. The van der Waals surface area contributed by atoms with Gasteiger partial charge in [0.05, 0.1) is 13.2 Å². The van der Waals surface area contributed by atoms with Gasteiger partial charge in [-0.3, -0.25) is 24.1 Å². The summed E-state index contributed by atoms with van der Waals surface area (Å²) in [6.45, 7) is 27.1. The number of ether oxygens (including phenoxy) is 4. The van der Waals surface area contributed by atoms with Crippen LogP contribution in [0.5, 0.6) is 0 Å². The molecule has 16 heteroatoms. The standard InChI is InChI=1S/C35H45N3O4.C34H44N4O4.ClH/c1-5-38(30-12-16-42-17-13-30)33-21-29(28-8-6-26(7-9-28)19-27-10-14-41-15-11-27)20-31(25(33)4)34(39)36-22-32-23(2)18-24(3)37-35(32)40;1-5-38(29-10-14-41-15-11-29)32-20-28(27-8-6-26(7-9-27)22-37-12-16-42-17-13-37)19-30(25(32)4)33(39)35-21-31-23(2)18-24(3)36-34(31)40;/h6-9,18,20-21,27,30H,5,10-17,19,22H2,1-4H3,(H,36,39)(H,37,40);6-9,18-20,29H,5,10-17,21-22H2,1-4H3,(H,35,39)(H,36,40);1H/p-1. The van der Waals surface area contributed by atoms with E-state index in [1.165, 1.54) is 11.1 Å². The van der Waals surface area contributed by atoms with Gasteiger partial charge in [-0.05, 0) is 198 Å². The average Bonchev–Trinajstić information content (AvgIpc) is 2.77. The van der Waals surface area contributed by atoms with E-state index in [4.69, 9.17) is 18.9 Å². The average molecular weight is 1180 g/mol. The monoisotopic (exact) mass is 1180 g/mol. The molecule has 0 bridgehead atoms. The van der Waals surface area contributed by atoms with E-state index in [9.17, 15) is 19.2 Å². The van der Waals surface area contributed by atoms with Crippen LogP contribution in [0.2, 0.25) is 0 Å². The van der Waals surface area contributed by atoms with Crippen molar-refractivity contribution in [2.45, 2.75) is 132 Å². The molecule has 85 heavy (non-hydrogen) atoms. The second kappa shape index (κ2) is 30.7. The second-order valence-electron chi connectivity index (χ2n) is 23.4. The molecule has 0 radical (unpaired) electrons. The molecule has 15 nitrogen and oxygen atoms in total. The largest absolute Gasteiger partial charge is 1.00 e. The van der Waals surface area contributed by atoms with Crippen LogP contribution in [0.4, 0.5) is 11.4 Å². The summed E-state index contributed by atoms with van der Waals surface area (Å²) in [6, 6.07) is 30.6. The van der Waals surface area contributed by atoms with Gasteiger partial charge in [-0.1, -0.05) is 48.5 Å². The van der Waals surface area contributed by atoms with E-state index < -0.39 is 0 Å². The maximum Gasteiger partial charge on any atom is 0.253 e. The minimum absolute atomic E-state index is 0. The van der Waals surface area contributed by atoms with Crippen LogP contribution in [0.15, 0.2) is 94.5 Å². The lowest BCUT2D eigenvalue weighted by molar-refractivity contribution is -0.0000397. The van der Waals surface area contributed by atoms with Gasteiger partial charge in [-0.15, -0.1) is 0 Å². The number of halogens is 1. The molecule has 6 heterocycles. The lowest BCUT2D eigenvalue weighted by Crippen LogP contribution is -3.00. The lowest BCUT2D eigenvalue weighted by atomic mass is 9.91. The molecule has 4 N–H and O–H groups in total. The number of hydrogen-bond donors (Lipinski definition) is 4. The number of carbonyl (C=O) groups excluding carboxylic acids is 2.